The zero-order valence-corrected chi connectivity index (χ0v) is 9.25. The molecule has 2 heteroatoms. The van der Waals surface area contributed by atoms with Crippen LogP contribution in [0.2, 0.25) is 0 Å². The van der Waals surface area contributed by atoms with E-state index in [1.807, 2.05) is 6.26 Å². The van der Waals surface area contributed by atoms with Crippen LogP contribution in [-0.4, -0.2) is 17.3 Å². The number of rotatable bonds is 7. The fourth-order valence-electron chi connectivity index (χ4n) is 1.24. The number of hydrogen-bond acceptors (Lipinski definition) is 2. The Morgan fingerprint density at radius 1 is 1.33 bits per heavy atom. The third-order valence-electron chi connectivity index (χ3n) is 2.06. The average Bonchev–Trinajstić information content (AvgIpc) is 2.04. The second-order valence-electron chi connectivity index (χ2n) is 3.18. The Balaban J connectivity index is 3.38. The number of carbonyl (C=O) groups excluding carboxylic acids is 1. The van der Waals surface area contributed by atoms with Gasteiger partial charge in [-0.05, 0) is 19.6 Å². The molecule has 0 heterocycles. The van der Waals surface area contributed by atoms with Gasteiger partial charge in [0.2, 0.25) is 0 Å². The minimum atomic E-state index is 0.252. The number of ketones is 1. The Morgan fingerprint density at radius 3 is 2.42 bits per heavy atom. The van der Waals surface area contributed by atoms with Crippen LogP contribution in [0.1, 0.15) is 46.0 Å². The zero-order valence-electron chi connectivity index (χ0n) is 8.43. The molecule has 0 aromatic rings. The second kappa shape index (κ2) is 7.66. The highest BCUT2D eigenvalue weighted by molar-refractivity contribution is 7.99. The minimum Gasteiger partial charge on any atom is -0.299 e. The maximum Gasteiger partial charge on any atom is 0.142 e. The van der Waals surface area contributed by atoms with Crippen molar-refractivity contribution in [1.82, 2.24) is 0 Å². The van der Waals surface area contributed by atoms with Crippen molar-refractivity contribution in [3.63, 3.8) is 0 Å². The summed E-state index contributed by atoms with van der Waals surface area (Å²) in [5.41, 5.74) is 0. The standard InChI is InChI=1S/C10H20OS/c1-4-5-6-7-8-10(12-3)9(2)11/h10H,4-8H2,1-3H3. The lowest BCUT2D eigenvalue weighted by Gasteiger charge is -2.09. The van der Waals surface area contributed by atoms with Crippen molar-refractivity contribution in [1.29, 1.82) is 0 Å². The number of carbonyl (C=O) groups is 1. The lowest BCUT2D eigenvalue weighted by atomic mass is 10.1. The molecule has 0 N–H and O–H groups in total. The van der Waals surface area contributed by atoms with Crippen LogP contribution in [0.25, 0.3) is 0 Å². The van der Waals surface area contributed by atoms with Gasteiger partial charge < -0.3 is 0 Å². The number of thioether (sulfide) groups is 1. The smallest absolute Gasteiger partial charge is 0.142 e. The quantitative estimate of drug-likeness (QED) is 0.570. The number of Topliss-reactive ketones (excluding diaryl/α,β-unsaturated/α-hetero) is 1. The van der Waals surface area contributed by atoms with E-state index in [9.17, 15) is 4.79 Å². The van der Waals surface area contributed by atoms with E-state index in [0.29, 0.717) is 5.78 Å². The Bertz CT molecular complexity index is 123. The maximum absolute atomic E-state index is 11.0. The molecule has 0 aliphatic rings. The van der Waals surface area contributed by atoms with Crippen molar-refractivity contribution in [3.8, 4) is 0 Å². The maximum atomic E-state index is 11.0. The molecule has 1 nitrogen and oxygen atoms in total. The average molecular weight is 188 g/mol. The summed E-state index contributed by atoms with van der Waals surface area (Å²) >= 11 is 1.69. The summed E-state index contributed by atoms with van der Waals surface area (Å²) in [5, 5.41) is 0.252. The summed E-state index contributed by atoms with van der Waals surface area (Å²) in [7, 11) is 0. The van der Waals surface area contributed by atoms with Gasteiger partial charge in [0, 0.05) is 0 Å². The van der Waals surface area contributed by atoms with Crippen molar-refractivity contribution >= 4 is 17.5 Å². The van der Waals surface area contributed by atoms with Gasteiger partial charge in [-0.3, -0.25) is 4.79 Å². The Hall–Kier alpha value is 0.0200. The molecule has 0 fully saturated rings. The molecular weight excluding hydrogens is 168 g/mol. The molecule has 0 aromatic carbocycles. The highest BCUT2D eigenvalue weighted by Crippen LogP contribution is 2.16. The molecule has 0 saturated carbocycles. The highest BCUT2D eigenvalue weighted by Gasteiger charge is 2.10. The fraction of sp³-hybridized carbons (Fsp3) is 0.900. The summed E-state index contributed by atoms with van der Waals surface area (Å²) in [6.45, 7) is 3.90. The Labute approximate surface area is 80.3 Å². The monoisotopic (exact) mass is 188 g/mol. The summed E-state index contributed by atoms with van der Waals surface area (Å²) in [4.78, 5) is 11.0. The van der Waals surface area contributed by atoms with E-state index in [4.69, 9.17) is 0 Å². The van der Waals surface area contributed by atoms with Gasteiger partial charge in [0.15, 0.2) is 0 Å². The van der Waals surface area contributed by atoms with E-state index in [-0.39, 0.29) is 5.25 Å². The van der Waals surface area contributed by atoms with Gasteiger partial charge in [-0.2, -0.15) is 11.8 Å². The Kier molecular flexibility index (Phi) is 7.67. The van der Waals surface area contributed by atoms with Crippen molar-refractivity contribution in [2.24, 2.45) is 0 Å². The van der Waals surface area contributed by atoms with Crippen LogP contribution in [0.5, 0.6) is 0 Å². The predicted molar refractivity (Wildman–Crippen MR) is 56.7 cm³/mol. The van der Waals surface area contributed by atoms with Gasteiger partial charge in [-0.25, -0.2) is 0 Å². The third kappa shape index (κ3) is 5.64. The van der Waals surface area contributed by atoms with E-state index >= 15 is 0 Å². The molecule has 12 heavy (non-hydrogen) atoms. The van der Waals surface area contributed by atoms with Crippen LogP contribution in [0, 0.1) is 0 Å². The molecule has 0 aliphatic carbocycles. The molecule has 0 aromatic heterocycles. The number of hydrogen-bond donors (Lipinski definition) is 0. The molecule has 0 rings (SSSR count). The zero-order chi connectivity index (χ0) is 9.40. The first-order valence-electron chi connectivity index (χ1n) is 4.75. The molecule has 1 unspecified atom stereocenters. The van der Waals surface area contributed by atoms with E-state index < -0.39 is 0 Å². The van der Waals surface area contributed by atoms with Gasteiger partial charge in [0.05, 0.1) is 5.25 Å². The minimum absolute atomic E-state index is 0.252. The topological polar surface area (TPSA) is 17.1 Å². The van der Waals surface area contributed by atoms with Crippen molar-refractivity contribution in [2.45, 2.75) is 51.2 Å². The van der Waals surface area contributed by atoms with Crippen LogP contribution in [0.3, 0.4) is 0 Å². The lowest BCUT2D eigenvalue weighted by molar-refractivity contribution is -0.116. The van der Waals surface area contributed by atoms with Gasteiger partial charge in [-0.15, -0.1) is 0 Å². The van der Waals surface area contributed by atoms with E-state index in [0.717, 1.165) is 6.42 Å². The van der Waals surface area contributed by atoms with Crippen LogP contribution in [-0.2, 0) is 4.79 Å². The molecule has 0 saturated heterocycles. The normalized spacial score (nSPS) is 12.9. The van der Waals surface area contributed by atoms with Crippen LogP contribution in [0.4, 0.5) is 0 Å². The first kappa shape index (κ1) is 12.0. The SMILES string of the molecule is CCCCCCC(SC)C(C)=O. The van der Waals surface area contributed by atoms with Crippen molar-refractivity contribution in [3.05, 3.63) is 0 Å². The molecule has 0 amide bonds. The van der Waals surface area contributed by atoms with Crippen LogP contribution >= 0.6 is 11.8 Å². The summed E-state index contributed by atoms with van der Waals surface area (Å²) in [5.74, 6) is 0.332. The first-order valence-corrected chi connectivity index (χ1v) is 6.04. The largest absolute Gasteiger partial charge is 0.299 e. The van der Waals surface area contributed by atoms with E-state index in [2.05, 4.69) is 6.92 Å². The molecular formula is C10H20OS. The number of unbranched alkanes of at least 4 members (excludes halogenated alkanes) is 3. The first-order chi connectivity index (χ1) is 5.72. The molecule has 1 atom stereocenters. The van der Waals surface area contributed by atoms with Gasteiger partial charge in [0.1, 0.15) is 5.78 Å². The second-order valence-corrected chi connectivity index (χ2v) is 4.22. The van der Waals surface area contributed by atoms with Gasteiger partial charge in [-0.1, -0.05) is 32.6 Å². The Morgan fingerprint density at radius 2 is 2.00 bits per heavy atom. The predicted octanol–water partition coefficient (Wildman–Crippen LogP) is 3.28. The van der Waals surface area contributed by atoms with Crippen molar-refractivity contribution in [2.75, 3.05) is 6.26 Å². The van der Waals surface area contributed by atoms with Crippen LogP contribution < -0.4 is 0 Å². The molecule has 72 valence electrons. The van der Waals surface area contributed by atoms with E-state index in [1.165, 1.54) is 25.7 Å². The van der Waals surface area contributed by atoms with E-state index in [1.54, 1.807) is 18.7 Å². The third-order valence-corrected chi connectivity index (χ3v) is 3.19. The molecule has 0 bridgehead atoms. The molecule has 0 spiro atoms. The fourth-order valence-corrected chi connectivity index (χ4v) is 1.98. The lowest BCUT2D eigenvalue weighted by Crippen LogP contribution is -2.12. The molecule has 0 radical (unpaired) electrons. The summed E-state index contributed by atoms with van der Waals surface area (Å²) in [6.07, 6.45) is 8.14. The highest BCUT2D eigenvalue weighted by atomic mass is 32.2. The summed E-state index contributed by atoms with van der Waals surface area (Å²) < 4.78 is 0. The van der Waals surface area contributed by atoms with Crippen LogP contribution in [0.15, 0.2) is 0 Å². The van der Waals surface area contributed by atoms with Gasteiger partial charge in [0.25, 0.3) is 0 Å². The molecule has 0 aliphatic heterocycles. The van der Waals surface area contributed by atoms with Crippen molar-refractivity contribution < 1.29 is 4.79 Å². The summed E-state index contributed by atoms with van der Waals surface area (Å²) in [6, 6.07) is 0. The van der Waals surface area contributed by atoms with Gasteiger partial charge >= 0.3 is 0 Å².